The third-order valence-corrected chi connectivity index (χ3v) is 3.02. The van der Waals surface area contributed by atoms with Crippen molar-refractivity contribution in [3.8, 4) is 11.5 Å². The van der Waals surface area contributed by atoms with E-state index in [1.165, 1.54) is 6.07 Å². The summed E-state index contributed by atoms with van der Waals surface area (Å²) in [6, 6.07) is 12.1. The van der Waals surface area contributed by atoms with Gasteiger partial charge in [0.15, 0.2) is 0 Å². The molecular formula is C13H10BrNO3. The van der Waals surface area contributed by atoms with Gasteiger partial charge in [-0.1, -0.05) is 18.2 Å². The molecule has 2 rings (SSSR count). The Hall–Kier alpha value is -1.88. The molecule has 0 fully saturated rings. The fourth-order valence-electron chi connectivity index (χ4n) is 1.50. The summed E-state index contributed by atoms with van der Waals surface area (Å²) in [5.74, 6) is 0.780. The maximum absolute atomic E-state index is 11.0. The third kappa shape index (κ3) is 2.68. The first kappa shape index (κ1) is 12.6. The smallest absolute Gasteiger partial charge is 0.311 e. The fraction of sp³-hybridized carbons (Fsp3) is 0.0769. The third-order valence-electron chi connectivity index (χ3n) is 2.37. The Balaban J connectivity index is 2.41. The minimum Gasteiger partial charge on any atom is -0.449 e. The Morgan fingerprint density at radius 2 is 1.89 bits per heavy atom. The van der Waals surface area contributed by atoms with Gasteiger partial charge in [0, 0.05) is 6.07 Å². The zero-order valence-corrected chi connectivity index (χ0v) is 11.2. The van der Waals surface area contributed by atoms with E-state index >= 15 is 0 Å². The van der Waals surface area contributed by atoms with E-state index in [4.69, 9.17) is 4.74 Å². The molecule has 0 heterocycles. The molecule has 0 radical (unpaired) electrons. The van der Waals surface area contributed by atoms with Crippen LogP contribution in [0.2, 0.25) is 0 Å². The molecule has 5 heteroatoms. The van der Waals surface area contributed by atoms with Gasteiger partial charge in [-0.05, 0) is 46.6 Å². The molecule has 0 N–H and O–H groups in total. The van der Waals surface area contributed by atoms with Gasteiger partial charge in [0.05, 0.1) is 9.40 Å². The molecule has 18 heavy (non-hydrogen) atoms. The molecule has 92 valence electrons. The molecule has 0 saturated carbocycles. The molecule has 0 spiro atoms. The maximum atomic E-state index is 11.0. The highest BCUT2D eigenvalue weighted by Crippen LogP contribution is 2.35. The molecule has 0 bridgehead atoms. The van der Waals surface area contributed by atoms with Crippen molar-refractivity contribution in [3.63, 3.8) is 0 Å². The van der Waals surface area contributed by atoms with Gasteiger partial charge in [0.1, 0.15) is 5.75 Å². The average molecular weight is 308 g/mol. The zero-order valence-electron chi connectivity index (χ0n) is 9.59. The minimum absolute atomic E-state index is 0.0363. The Kier molecular flexibility index (Phi) is 3.62. The second-order valence-electron chi connectivity index (χ2n) is 3.76. The Morgan fingerprint density at radius 3 is 2.56 bits per heavy atom. The maximum Gasteiger partial charge on any atom is 0.311 e. The van der Waals surface area contributed by atoms with Gasteiger partial charge in [-0.15, -0.1) is 0 Å². The lowest BCUT2D eigenvalue weighted by atomic mass is 10.2. The van der Waals surface area contributed by atoms with Crippen molar-refractivity contribution >= 4 is 21.6 Å². The summed E-state index contributed by atoms with van der Waals surface area (Å²) in [6.07, 6.45) is 0. The van der Waals surface area contributed by atoms with Crippen molar-refractivity contribution in [2.24, 2.45) is 0 Å². The first-order valence-corrected chi connectivity index (χ1v) is 6.04. The highest BCUT2D eigenvalue weighted by molar-refractivity contribution is 9.10. The summed E-state index contributed by atoms with van der Waals surface area (Å²) in [6.45, 7) is 1.80. The topological polar surface area (TPSA) is 52.4 Å². The van der Waals surface area contributed by atoms with Gasteiger partial charge in [0.2, 0.25) is 5.75 Å². The van der Waals surface area contributed by atoms with E-state index in [-0.39, 0.29) is 11.4 Å². The Morgan fingerprint density at radius 1 is 1.17 bits per heavy atom. The van der Waals surface area contributed by atoms with E-state index in [0.717, 1.165) is 10.0 Å². The fourth-order valence-corrected chi connectivity index (χ4v) is 1.87. The van der Waals surface area contributed by atoms with Crippen LogP contribution in [0.5, 0.6) is 11.5 Å². The quantitative estimate of drug-likeness (QED) is 0.621. The lowest BCUT2D eigenvalue weighted by Crippen LogP contribution is -1.94. The number of aryl methyl sites for hydroxylation is 1. The van der Waals surface area contributed by atoms with Gasteiger partial charge in [-0.2, -0.15) is 0 Å². The normalized spacial score (nSPS) is 10.1. The highest BCUT2D eigenvalue weighted by Gasteiger charge is 2.16. The zero-order chi connectivity index (χ0) is 13.1. The molecule has 0 aliphatic rings. The molecule has 0 atom stereocenters. The lowest BCUT2D eigenvalue weighted by molar-refractivity contribution is -0.385. The molecule has 0 amide bonds. The number of ether oxygens (including phenoxy) is 1. The van der Waals surface area contributed by atoms with Gasteiger partial charge in [0.25, 0.3) is 0 Å². The molecule has 0 aliphatic carbocycles. The van der Waals surface area contributed by atoms with Crippen molar-refractivity contribution < 1.29 is 9.66 Å². The summed E-state index contributed by atoms with van der Waals surface area (Å²) in [5.41, 5.74) is 0.784. The molecule has 2 aromatic rings. The molecule has 0 unspecified atom stereocenters. The molecule has 0 aromatic heterocycles. The van der Waals surface area contributed by atoms with Crippen LogP contribution in [0.3, 0.4) is 0 Å². The number of para-hydroxylation sites is 1. The second kappa shape index (κ2) is 5.18. The van der Waals surface area contributed by atoms with Crippen LogP contribution in [0, 0.1) is 17.0 Å². The largest absolute Gasteiger partial charge is 0.449 e. The molecule has 4 nitrogen and oxygen atoms in total. The van der Waals surface area contributed by atoms with Gasteiger partial charge < -0.3 is 4.74 Å². The number of nitro groups is 1. The molecule has 0 aliphatic heterocycles. The van der Waals surface area contributed by atoms with Crippen LogP contribution in [-0.4, -0.2) is 4.92 Å². The minimum atomic E-state index is -0.445. The predicted molar refractivity (Wildman–Crippen MR) is 72.0 cm³/mol. The van der Waals surface area contributed by atoms with Crippen LogP contribution in [0.4, 0.5) is 5.69 Å². The predicted octanol–water partition coefficient (Wildman–Crippen LogP) is 4.46. The average Bonchev–Trinajstić information content (AvgIpc) is 2.34. The van der Waals surface area contributed by atoms with Crippen molar-refractivity contribution in [2.45, 2.75) is 6.92 Å². The van der Waals surface area contributed by atoms with Crippen LogP contribution in [0.25, 0.3) is 0 Å². The summed E-state index contributed by atoms with van der Waals surface area (Å²) < 4.78 is 6.32. The first-order valence-electron chi connectivity index (χ1n) is 5.25. The van der Waals surface area contributed by atoms with Crippen molar-refractivity contribution in [1.82, 2.24) is 0 Å². The summed E-state index contributed by atoms with van der Waals surface area (Å²) in [4.78, 5) is 10.5. The van der Waals surface area contributed by atoms with Crippen molar-refractivity contribution in [1.29, 1.82) is 0 Å². The van der Waals surface area contributed by atoms with Crippen LogP contribution in [-0.2, 0) is 0 Å². The second-order valence-corrected chi connectivity index (χ2v) is 4.62. The van der Waals surface area contributed by atoms with E-state index in [2.05, 4.69) is 15.9 Å². The van der Waals surface area contributed by atoms with E-state index < -0.39 is 4.92 Å². The standard InChI is InChI=1S/C13H10BrNO3/c1-9-6-7-13(11(8-9)15(16)17)18-12-5-3-2-4-10(12)14/h2-8H,1H3. The monoisotopic (exact) mass is 307 g/mol. The summed E-state index contributed by atoms with van der Waals surface area (Å²) >= 11 is 3.33. The van der Waals surface area contributed by atoms with Crippen LogP contribution in [0.15, 0.2) is 46.9 Å². The lowest BCUT2D eigenvalue weighted by Gasteiger charge is -2.08. The van der Waals surface area contributed by atoms with E-state index in [1.54, 1.807) is 31.2 Å². The SMILES string of the molecule is Cc1ccc(Oc2ccccc2Br)c([N+](=O)[O-])c1. The first-order chi connectivity index (χ1) is 8.58. The number of nitro benzene ring substituents is 1. The van der Waals surface area contributed by atoms with Crippen molar-refractivity contribution in [2.75, 3.05) is 0 Å². The summed E-state index contributed by atoms with van der Waals surface area (Å²) in [7, 11) is 0. The number of rotatable bonds is 3. The van der Waals surface area contributed by atoms with Crippen LogP contribution in [0.1, 0.15) is 5.56 Å². The molecule has 0 saturated heterocycles. The van der Waals surface area contributed by atoms with Crippen LogP contribution >= 0.6 is 15.9 Å². The molecular weight excluding hydrogens is 298 g/mol. The molecule has 2 aromatic carbocycles. The van der Waals surface area contributed by atoms with E-state index in [0.29, 0.717) is 5.75 Å². The number of nitrogens with zero attached hydrogens (tertiary/aromatic N) is 1. The number of hydrogen-bond acceptors (Lipinski definition) is 3. The number of benzene rings is 2. The van der Waals surface area contributed by atoms with E-state index in [9.17, 15) is 10.1 Å². The Labute approximate surface area is 112 Å². The van der Waals surface area contributed by atoms with Gasteiger partial charge >= 0.3 is 5.69 Å². The number of halogens is 1. The van der Waals surface area contributed by atoms with Gasteiger partial charge in [-0.3, -0.25) is 10.1 Å². The van der Waals surface area contributed by atoms with Crippen molar-refractivity contribution in [3.05, 3.63) is 62.6 Å². The van der Waals surface area contributed by atoms with Gasteiger partial charge in [-0.25, -0.2) is 0 Å². The number of hydrogen-bond donors (Lipinski definition) is 0. The Bertz CT molecular complexity index is 599. The van der Waals surface area contributed by atoms with Crippen LogP contribution < -0.4 is 4.74 Å². The van der Waals surface area contributed by atoms with E-state index in [1.807, 2.05) is 12.1 Å². The summed E-state index contributed by atoms with van der Waals surface area (Å²) in [5, 5.41) is 11.0. The highest BCUT2D eigenvalue weighted by atomic mass is 79.9.